The summed E-state index contributed by atoms with van der Waals surface area (Å²) >= 11 is 0. The fourth-order valence-corrected chi connectivity index (χ4v) is 3.74. The van der Waals surface area contributed by atoms with Crippen molar-refractivity contribution in [3.63, 3.8) is 0 Å². The third kappa shape index (κ3) is 4.16. The zero-order chi connectivity index (χ0) is 21.3. The summed E-state index contributed by atoms with van der Waals surface area (Å²) in [6, 6.07) is 4.36. The SMILES string of the molecule is CN(C)C(=O)C1CN(c2ccc(C#N)c(C(F)(F)F)c2)CCN1C(=O)C1CCC1. The third-order valence-electron chi connectivity index (χ3n) is 5.64. The number of piperazine rings is 1. The number of anilines is 1. The van der Waals surface area contributed by atoms with Gasteiger partial charge in [0.1, 0.15) is 6.04 Å². The summed E-state index contributed by atoms with van der Waals surface area (Å²) in [5.74, 6) is -0.371. The maximum Gasteiger partial charge on any atom is 0.417 e. The van der Waals surface area contributed by atoms with Crippen LogP contribution < -0.4 is 4.90 Å². The number of amides is 2. The van der Waals surface area contributed by atoms with Crippen LogP contribution in [0, 0.1) is 17.2 Å². The van der Waals surface area contributed by atoms with Gasteiger partial charge in [0.15, 0.2) is 0 Å². The van der Waals surface area contributed by atoms with Crippen molar-refractivity contribution in [3.8, 4) is 6.07 Å². The van der Waals surface area contributed by atoms with Crippen LogP contribution in [0.2, 0.25) is 0 Å². The number of alkyl halides is 3. The molecule has 1 atom stereocenters. The molecule has 1 aromatic rings. The van der Waals surface area contributed by atoms with Crippen LogP contribution in [-0.2, 0) is 15.8 Å². The van der Waals surface area contributed by atoms with Gasteiger partial charge in [-0.05, 0) is 31.0 Å². The molecule has 2 amide bonds. The molecule has 2 fully saturated rings. The van der Waals surface area contributed by atoms with Gasteiger partial charge in [0.05, 0.1) is 17.2 Å². The fourth-order valence-electron chi connectivity index (χ4n) is 3.74. The van der Waals surface area contributed by atoms with Gasteiger partial charge in [0, 0.05) is 45.3 Å². The molecule has 1 aromatic carbocycles. The lowest BCUT2D eigenvalue weighted by atomic mass is 9.84. The maximum absolute atomic E-state index is 13.3. The van der Waals surface area contributed by atoms with Crippen LogP contribution in [0.15, 0.2) is 18.2 Å². The monoisotopic (exact) mass is 408 g/mol. The van der Waals surface area contributed by atoms with Crippen molar-refractivity contribution in [2.75, 3.05) is 38.6 Å². The van der Waals surface area contributed by atoms with Gasteiger partial charge in [-0.25, -0.2) is 0 Å². The Morgan fingerprint density at radius 2 is 1.90 bits per heavy atom. The van der Waals surface area contributed by atoms with E-state index in [1.54, 1.807) is 30.0 Å². The normalized spacial score (nSPS) is 20.1. The first-order valence-corrected chi connectivity index (χ1v) is 9.51. The predicted octanol–water partition coefficient (Wildman–Crippen LogP) is 2.48. The molecule has 1 saturated heterocycles. The molecule has 156 valence electrons. The number of hydrogen-bond donors (Lipinski definition) is 0. The Labute approximate surface area is 167 Å². The topological polar surface area (TPSA) is 67.7 Å². The summed E-state index contributed by atoms with van der Waals surface area (Å²) in [7, 11) is 3.19. The molecule has 0 bridgehead atoms. The largest absolute Gasteiger partial charge is 0.417 e. The molecule has 0 radical (unpaired) electrons. The van der Waals surface area contributed by atoms with Crippen molar-refractivity contribution in [1.82, 2.24) is 9.80 Å². The molecule has 1 aliphatic heterocycles. The van der Waals surface area contributed by atoms with Gasteiger partial charge >= 0.3 is 6.18 Å². The molecular weight excluding hydrogens is 385 g/mol. The van der Waals surface area contributed by atoms with Crippen molar-refractivity contribution in [3.05, 3.63) is 29.3 Å². The highest BCUT2D eigenvalue weighted by atomic mass is 19.4. The van der Waals surface area contributed by atoms with Crippen LogP contribution in [0.4, 0.5) is 18.9 Å². The Morgan fingerprint density at radius 3 is 2.41 bits per heavy atom. The quantitative estimate of drug-likeness (QED) is 0.771. The number of nitrogens with zero attached hydrogens (tertiary/aromatic N) is 4. The summed E-state index contributed by atoms with van der Waals surface area (Å²) in [4.78, 5) is 30.2. The number of carbonyl (C=O) groups excluding carboxylic acids is 2. The summed E-state index contributed by atoms with van der Waals surface area (Å²) in [6.07, 6.45) is -2.03. The minimum absolute atomic E-state index is 0.0492. The van der Waals surface area contributed by atoms with E-state index in [1.807, 2.05) is 0 Å². The van der Waals surface area contributed by atoms with E-state index in [4.69, 9.17) is 5.26 Å². The van der Waals surface area contributed by atoms with Gasteiger partial charge in [-0.2, -0.15) is 18.4 Å². The average Bonchev–Trinajstić information content (AvgIpc) is 2.64. The Morgan fingerprint density at radius 1 is 1.21 bits per heavy atom. The summed E-state index contributed by atoms with van der Waals surface area (Å²) in [5.41, 5.74) is -1.16. The van der Waals surface area contributed by atoms with Crippen LogP contribution in [-0.4, -0.2) is 61.4 Å². The van der Waals surface area contributed by atoms with E-state index in [-0.39, 0.29) is 36.5 Å². The van der Waals surface area contributed by atoms with Gasteiger partial charge in [-0.3, -0.25) is 9.59 Å². The van der Waals surface area contributed by atoms with Gasteiger partial charge in [-0.1, -0.05) is 6.42 Å². The number of nitriles is 1. The molecule has 1 aliphatic carbocycles. The van der Waals surface area contributed by atoms with Gasteiger partial charge in [0.25, 0.3) is 0 Å². The molecule has 0 spiro atoms. The molecule has 9 heteroatoms. The standard InChI is InChI=1S/C20H23F3N4O2/c1-25(2)19(29)17-12-26(8-9-27(17)18(28)13-4-3-5-13)15-7-6-14(11-24)16(10-15)20(21,22)23/h6-7,10,13,17H,3-5,8-9,12H2,1-2H3. The first-order valence-electron chi connectivity index (χ1n) is 9.51. The van der Waals surface area contributed by atoms with Crippen LogP contribution in [0.25, 0.3) is 0 Å². The van der Waals surface area contributed by atoms with E-state index >= 15 is 0 Å². The van der Waals surface area contributed by atoms with Crippen LogP contribution >= 0.6 is 0 Å². The molecule has 1 heterocycles. The predicted molar refractivity (Wildman–Crippen MR) is 99.9 cm³/mol. The molecule has 0 N–H and O–H groups in total. The minimum atomic E-state index is -4.65. The second kappa shape index (κ2) is 7.93. The lowest BCUT2D eigenvalue weighted by Gasteiger charge is -2.44. The molecule has 6 nitrogen and oxygen atoms in total. The third-order valence-corrected chi connectivity index (χ3v) is 5.64. The Bertz CT molecular complexity index is 843. The first kappa shape index (κ1) is 21.0. The van der Waals surface area contributed by atoms with Gasteiger partial charge in [-0.15, -0.1) is 0 Å². The van der Waals surface area contributed by atoms with E-state index in [2.05, 4.69) is 0 Å². The summed E-state index contributed by atoms with van der Waals surface area (Å²) in [5, 5.41) is 8.98. The zero-order valence-electron chi connectivity index (χ0n) is 16.4. The average molecular weight is 408 g/mol. The molecule has 2 aliphatic rings. The minimum Gasteiger partial charge on any atom is -0.367 e. The van der Waals surface area contributed by atoms with Crippen molar-refractivity contribution >= 4 is 17.5 Å². The second-order valence-electron chi connectivity index (χ2n) is 7.69. The van der Waals surface area contributed by atoms with Gasteiger partial charge in [0.2, 0.25) is 11.8 Å². The van der Waals surface area contributed by atoms with Crippen molar-refractivity contribution in [2.45, 2.75) is 31.5 Å². The first-order chi connectivity index (χ1) is 13.6. The smallest absolute Gasteiger partial charge is 0.367 e. The molecule has 1 unspecified atom stereocenters. The number of hydrogen-bond acceptors (Lipinski definition) is 4. The highest BCUT2D eigenvalue weighted by Gasteiger charge is 2.41. The van der Waals surface area contributed by atoms with E-state index < -0.39 is 23.3 Å². The van der Waals surface area contributed by atoms with E-state index in [1.165, 1.54) is 11.0 Å². The number of benzene rings is 1. The van der Waals surface area contributed by atoms with E-state index in [9.17, 15) is 22.8 Å². The highest BCUT2D eigenvalue weighted by molar-refractivity contribution is 5.89. The number of carbonyl (C=O) groups is 2. The second-order valence-corrected chi connectivity index (χ2v) is 7.69. The Balaban J connectivity index is 1.88. The number of likely N-dealkylation sites (N-methyl/N-ethyl adjacent to an activating group) is 1. The zero-order valence-corrected chi connectivity index (χ0v) is 16.4. The van der Waals surface area contributed by atoms with Gasteiger partial charge < -0.3 is 14.7 Å². The lowest BCUT2D eigenvalue weighted by Crippen LogP contribution is -2.61. The summed E-state index contributed by atoms with van der Waals surface area (Å²) in [6.45, 7) is 0.693. The van der Waals surface area contributed by atoms with Crippen molar-refractivity contribution in [1.29, 1.82) is 5.26 Å². The highest BCUT2D eigenvalue weighted by Crippen LogP contribution is 2.35. The fraction of sp³-hybridized carbons (Fsp3) is 0.550. The van der Waals surface area contributed by atoms with Crippen molar-refractivity contribution < 1.29 is 22.8 Å². The van der Waals surface area contributed by atoms with E-state index in [0.717, 1.165) is 31.4 Å². The Kier molecular flexibility index (Phi) is 5.73. The molecule has 29 heavy (non-hydrogen) atoms. The van der Waals surface area contributed by atoms with Crippen LogP contribution in [0.5, 0.6) is 0 Å². The lowest BCUT2D eigenvalue weighted by molar-refractivity contribution is -0.149. The maximum atomic E-state index is 13.3. The van der Waals surface area contributed by atoms with Crippen LogP contribution in [0.1, 0.15) is 30.4 Å². The molecule has 3 rings (SSSR count). The Hall–Kier alpha value is -2.76. The molecule has 0 aromatic heterocycles. The number of rotatable bonds is 3. The van der Waals surface area contributed by atoms with Crippen LogP contribution in [0.3, 0.4) is 0 Å². The van der Waals surface area contributed by atoms with E-state index in [0.29, 0.717) is 6.54 Å². The number of halogens is 3. The van der Waals surface area contributed by atoms with Crippen molar-refractivity contribution in [2.24, 2.45) is 5.92 Å². The molecule has 1 saturated carbocycles. The summed E-state index contributed by atoms with van der Waals surface area (Å²) < 4.78 is 39.9. The molecular formula is C20H23F3N4O2.